The number of sulfonamides is 1. The Bertz CT molecular complexity index is 1050. The zero-order chi connectivity index (χ0) is 24.8. The van der Waals surface area contributed by atoms with Gasteiger partial charge in [-0.05, 0) is 62.9 Å². The number of nitrogens with zero attached hydrogens (tertiary/aromatic N) is 2. The van der Waals surface area contributed by atoms with E-state index in [0.29, 0.717) is 5.69 Å². The van der Waals surface area contributed by atoms with Gasteiger partial charge in [-0.2, -0.15) is 0 Å². The molecule has 180 valence electrons. The quantitative estimate of drug-likeness (QED) is 0.573. The molecule has 1 N–H and O–H groups in total. The molecule has 0 aliphatic carbocycles. The minimum absolute atomic E-state index is 0.0311. The molecule has 2 rings (SSSR count). The van der Waals surface area contributed by atoms with Crippen molar-refractivity contribution in [1.29, 1.82) is 0 Å². The highest BCUT2D eigenvalue weighted by Gasteiger charge is 2.30. The van der Waals surface area contributed by atoms with Gasteiger partial charge in [-0.15, -0.1) is 0 Å². The molecule has 2 atom stereocenters. The average molecular weight is 474 g/mol. The van der Waals surface area contributed by atoms with E-state index < -0.39 is 28.5 Å². The zero-order valence-electron chi connectivity index (χ0n) is 20.3. The second-order valence-corrected chi connectivity index (χ2v) is 10.5. The molecule has 0 aromatic heterocycles. The number of rotatable bonds is 10. The maximum absolute atomic E-state index is 13.5. The van der Waals surface area contributed by atoms with Crippen LogP contribution in [0.1, 0.15) is 43.9 Å². The van der Waals surface area contributed by atoms with Crippen LogP contribution in [0.5, 0.6) is 0 Å². The molecule has 2 aromatic rings. The highest BCUT2D eigenvalue weighted by Crippen LogP contribution is 2.22. The van der Waals surface area contributed by atoms with Crippen molar-refractivity contribution in [3.8, 4) is 0 Å². The predicted octanol–water partition coefficient (Wildman–Crippen LogP) is 3.40. The zero-order valence-corrected chi connectivity index (χ0v) is 21.1. The Morgan fingerprint density at radius 3 is 2.09 bits per heavy atom. The summed E-state index contributed by atoms with van der Waals surface area (Å²) in [6.07, 6.45) is 1.85. The van der Waals surface area contributed by atoms with E-state index in [1.807, 2.05) is 64.1 Å². The van der Waals surface area contributed by atoms with Crippen molar-refractivity contribution < 1.29 is 18.0 Å². The Kier molecular flexibility index (Phi) is 9.05. The lowest BCUT2D eigenvalue weighted by atomic mass is 10.1. The van der Waals surface area contributed by atoms with Crippen molar-refractivity contribution in [3.05, 3.63) is 65.2 Å². The summed E-state index contributed by atoms with van der Waals surface area (Å²) in [5.74, 6) is -0.721. The summed E-state index contributed by atoms with van der Waals surface area (Å²) in [7, 11) is -3.74. The van der Waals surface area contributed by atoms with Crippen molar-refractivity contribution in [1.82, 2.24) is 10.2 Å². The molecule has 0 saturated carbocycles. The summed E-state index contributed by atoms with van der Waals surface area (Å²) in [6.45, 7) is 9.09. The molecule has 0 bridgehead atoms. The highest BCUT2D eigenvalue weighted by atomic mass is 32.2. The van der Waals surface area contributed by atoms with Gasteiger partial charge in [-0.25, -0.2) is 8.42 Å². The highest BCUT2D eigenvalue weighted by molar-refractivity contribution is 7.92. The van der Waals surface area contributed by atoms with Crippen LogP contribution in [0.15, 0.2) is 48.5 Å². The first-order chi connectivity index (χ1) is 15.4. The molecule has 0 aliphatic heterocycles. The van der Waals surface area contributed by atoms with Gasteiger partial charge in [0.25, 0.3) is 0 Å². The van der Waals surface area contributed by atoms with Gasteiger partial charge >= 0.3 is 0 Å². The van der Waals surface area contributed by atoms with Crippen LogP contribution in [-0.2, 0) is 26.2 Å². The second-order valence-electron chi connectivity index (χ2n) is 8.62. The number of hydrogen-bond donors (Lipinski definition) is 1. The number of hydrogen-bond acceptors (Lipinski definition) is 4. The van der Waals surface area contributed by atoms with Gasteiger partial charge in [0.15, 0.2) is 0 Å². The number of aryl methyl sites for hydroxylation is 2. The van der Waals surface area contributed by atoms with Gasteiger partial charge in [0.05, 0.1) is 11.9 Å². The van der Waals surface area contributed by atoms with Gasteiger partial charge in [-0.3, -0.25) is 13.9 Å². The molecule has 0 spiro atoms. The third-order valence-corrected chi connectivity index (χ3v) is 6.68. The summed E-state index contributed by atoms with van der Waals surface area (Å²) < 4.78 is 26.4. The van der Waals surface area contributed by atoms with Gasteiger partial charge in [0.1, 0.15) is 12.6 Å². The molecule has 2 amide bonds. The first-order valence-corrected chi connectivity index (χ1v) is 13.0. The number of benzene rings is 2. The average Bonchev–Trinajstić information content (AvgIpc) is 2.74. The van der Waals surface area contributed by atoms with Crippen LogP contribution >= 0.6 is 0 Å². The first-order valence-electron chi connectivity index (χ1n) is 11.1. The van der Waals surface area contributed by atoms with Gasteiger partial charge in [0, 0.05) is 12.6 Å². The summed E-state index contributed by atoms with van der Waals surface area (Å²) in [6, 6.07) is 14.0. The number of amides is 2. The van der Waals surface area contributed by atoms with Gasteiger partial charge in [0.2, 0.25) is 21.8 Å². The minimum Gasteiger partial charge on any atom is -0.352 e. The smallest absolute Gasteiger partial charge is 0.244 e. The summed E-state index contributed by atoms with van der Waals surface area (Å²) in [5.41, 5.74) is 3.08. The largest absolute Gasteiger partial charge is 0.352 e. The Labute approximate surface area is 197 Å². The lowest BCUT2D eigenvalue weighted by Crippen LogP contribution is -2.52. The molecule has 33 heavy (non-hydrogen) atoms. The van der Waals surface area contributed by atoms with E-state index in [1.165, 1.54) is 4.90 Å². The van der Waals surface area contributed by atoms with Crippen LogP contribution in [0.4, 0.5) is 5.69 Å². The fourth-order valence-electron chi connectivity index (χ4n) is 3.54. The van der Waals surface area contributed by atoms with E-state index in [2.05, 4.69) is 5.32 Å². The molecule has 0 radical (unpaired) electrons. The second kappa shape index (κ2) is 11.3. The van der Waals surface area contributed by atoms with Crippen molar-refractivity contribution in [2.24, 2.45) is 0 Å². The van der Waals surface area contributed by atoms with E-state index >= 15 is 0 Å². The van der Waals surface area contributed by atoms with Crippen molar-refractivity contribution in [3.63, 3.8) is 0 Å². The standard InChI is InChI=1S/C25H35N3O4S/c1-7-20(4)26-25(30)21(5)27(16-22-11-9-8-10-12-22)24(29)17-28(33(6,31)32)23-14-18(2)13-19(3)15-23/h8-15,20-21H,7,16-17H2,1-6H3,(H,26,30)/t20-,21+/m0/s1. The maximum atomic E-state index is 13.5. The van der Waals surface area contributed by atoms with E-state index in [4.69, 9.17) is 0 Å². The molecule has 0 unspecified atom stereocenters. The molecule has 0 fully saturated rings. The molecule has 0 heterocycles. The van der Waals surface area contributed by atoms with Crippen LogP contribution in [0.3, 0.4) is 0 Å². The lowest BCUT2D eigenvalue weighted by molar-refractivity contribution is -0.139. The topological polar surface area (TPSA) is 86.8 Å². The molecular weight excluding hydrogens is 438 g/mol. The number of nitrogens with one attached hydrogen (secondary N) is 1. The monoisotopic (exact) mass is 473 g/mol. The molecule has 0 aliphatic rings. The molecule has 2 aromatic carbocycles. The van der Waals surface area contributed by atoms with Crippen molar-refractivity contribution in [2.75, 3.05) is 17.1 Å². The van der Waals surface area contributed by atoms with Crippen LogP contribution in [-0.4, -0.2) is 50.0 Å². The van der Waals surface area contributed by atoms with E-state index in [1.54, 1.807) is 19.1 Å². The number of carbonyl (C=O) groups is 2. The number of anilines is 1. The normalized spacial score (nSPS) is 13.2. The summed E-state index contributed by atoms with van der Waals surface area (Å²) in [5, 5.41) is 2.92. The lowest BCUT2D eigenvalue weighted by Gasteiger charge is -2.32. The van der Waals surface area contributed by atoms with Crippen molar-refractivity contribution >= 4 is 27.5 Å². The van der Waals surface area contributed by atoms with Crippen LogP contribution in [0.2, 0.25) is 0 Å². The van der Waals surface area contributed by atoms with Crippen molar-refractivity contribution in [2.45, 2.75) is 59.7 Å². The van der Waals surface area contributed by atoms with Gasteiger partial charge < -0.3 is 10.2 Å². The minimum atomic E-state index is -3.74. The van der Waals surface area contributed by atoms with Gasteiger partial charge in [-0.1, -0.05) is 43.3 Å². The Morgan fingerprint density at radius 2 is 1.58 bits per heavy atom. The summed E-state index contributed by atoms with van der Waals surface area (Å²) >= 11 is 0. The third-order valence-electron chi connectivity index (χ3n) is 5.54. The predicted molar refractivity (Wildman–Crippen MR) is 132 cm³/mol. The maximum Gasteiger partial charge on any atom is 0.244 e. The Balaban J connectivity index is 2.39. The third kappa shape index (κ3) is 7.60. The molecule has 0 saturated heterocycles. The Morgan fingerprint density at radius 1 is 1.00 bits per heavy atom. The molecule has 7 nitrogen and oxygen atoms in total. The van der Waals surface area contributed by atoms with E-state index in [0.717, 1.165) is 33.7 Å². The van der Waals surface area contributed by atoms with Crippen LogP contribution < -0.4 is 9.62 Å². The molecular formula is C25H35N3O4S. The Hall–Kier alpha value is -2.87. The van der Waals surface area contributed by atoms with Crippen LogP contribution in [0, 0.1) is 13.8 Å². The van der Waals surface area contributed by atoms with E-state index in [-0.39, 0.29) is 18.5 Å². The SMILES string of the molecule is CC[C@H](C)NC(=O)[C@@H](C)N(Cc1ccccc1)C(=O)CN(c1cc(C)cc(C)c1)S(C)(=O)=O. The van der Waals surface area contributed by atoms with Crippen LogP contribution in [0.25, 0.3) is 0 Å². The van der Waals surface area contributed by atoms with E-state index in [9.17, 15) is 18.0 Å². The first kappa shape index (κ1) is 26.4. The fourth-order valence-corrected chi connectivity index (χ4v) is 4.37. The molecule has 8 heteroatoms. The number of carbonyl (C=O) groups excluding carboxylic acids is 2. The fraction of sp³-hybridized carbons (Fsp3) is 0.440. The summed E-state index contributed by atoms with van der Waals surface area (Å²) in [4.78, 5) is 27.8.